The van der Waals surface area contributed by atoms with E-state index in [-0.39, 0.29) is 5.91 Å². The Bertz CT molecular complexity index is 1170. The molecule has 158 valence electrons. The molecule has 2 aromatic heterocycles. The zero-order valence-corrected chi connectivity index (χ0v) is 18.1. The van der Waals surface area contributed by atoms with Crippen LogP contribution in [0.25, 0.3) is 16.3 Å². The molecule has 0 aliphatic heterocycles. The number of thiazole rings is 1. The van der Waals surface area contributed by atoms with Crippen LogP contribution in [0.1, 0.15) is 24.3 Å². The van der Waals surface area contributed by atoms with E-state index in [0.717, 1.165) is 16.3 Å². The van der Waals surface area contributed by atoms with Crippen molar-refractivity contribution in [2.75, 3.05) is 18.5 Å². The fraction of sp³-hybridized carbons (Fsp3) is 0.174. The molecule has 2 aromatic carbocycles. The molecule has 0 spiro atoms. The molecule has 0 fully saturated rings. The summed E-state index contributed by atoms with van der Waals surface area (Å²) in [6, 6.07) is 15.2. The molecule has 0 saturated carbocycles. The zero-order chi connectivity index (χ0) is 21.6. The van der Waals surface area contributed by atoms with Gasteiger partial charge in [0.1, 0.15) is 22.2 Å². The van der Waals surface area contributed by atoms with Gasteiger partial charge in [0.25, 0.3) is 5.91 Å². The van der Waals surface area contributed by atoms with Crippen LogP contribution in [0.3, 0.4) is 0 Å². The molecule has 4 rings (SSSR count). The molecule has 2 heterocycles. The quantitative estimate of drug-likeness (QED) is 0.420. The Morgan fingerprint density at radius 1 is 1.10 bits per heavy atom. The maximum Gasteiger partial charge on any atom is 0.275 e. The first kappa shape index (κ1) is 20.6. The van der Waals surface area contributed by atoms with Crippen LogP contribution >= 0.6 is 11.3 Å². The van der Waals surface area contributed by atoms with Crippen molar-refractivity contribution in [3.05, 3.63) is 72.0 Å². The lowest BCUT2D eigenvalue weighted by molar-refractivity contribution is 0.102. The Morgan fingerprint density at radius 2 is 1.90 bits per heavy atom. The first-order valence-electron chi connectivity index (χ1n) is 9.95. The number of anilines is 1. The average molecular weight is 435 g/mol. The third kappa shape index (κ3) is 4.75. The minimum atomic E-state index is -0.312. The van der Waals surface area contributed by atoms with Crippen LogP contribution in [0.4, 0.5) is 5.69 Å². The highest BCUT2D eigenvalue weighted by Crippen LogP contribution is 2.30. The van der Waals surface area contributed by atoms with E-state index >= 15 is 0 Å². The second-order valence-corrected chi connectivity index (χ2v) is 7.38. The van der Waals surface area contributed by atoms with Gasteiger partial charge in [-0.3, -0.25) is 4.79 Å². The maximum atomic E-state index is 12.8. The third-order valence-electron chi connectivity index (χ3n) is 4.40. The smallest absolute Gasteiger partial charge is 0.275 e. The van der Waals surface area contributed by atoms with Gasteiger partial charge in [-0.2, -0.15) is 5.10 Å². The molecule has 1 N–H and O–H groups in total. The fourth-order valence-corrected chi connectivity index (χ4v) is 3.77. The molecule has 31 heavy (non-hydrogen) atoms. The molecule has 0 aliphatic rings. The number of hydrogen-bond donors (Lipinski definition) is 1. The summed E-state index contributed by atoms with van der Waals surface area (Å²) in [6.07, 6.45) is 3.64. The minimum absolute atomic E-state index is 0.312. The van der Waals surface area contributed by atoms with Crippen molar-refractivity contribution in [1.82, 2.24) is 14.8 Å². The molecule has 8 heteroatoms. The molecule has 4 aromatic rings. The van der Waals surface area contributed by atoms with Gasteiger partial charge in [0.2, 0.25) is 0 Å². The van der Waals surface area contributed by atoms with E-state index in [0.29, 0.717) is 36.1 Å². The van der Waals surface area contributed by atoms with Gasteiger partial charge in [-0.1, -0.05) is 18.2 Å². The van der Waals surface area contributed by atoms with E-state index in [1.165, 1.54) is 11.3 Å². The molecule has 0 aliphatic carbocycles. The van der Waals surface area contributed by atoms with Crippen molar-refractivity contribution in [1.29, 1.82) is 0 Å². The van der Waals surface area contributed by atoms with Crippen molar-refractivity contribution in [2.24, 2.45) is 0 Å². The van der Waals surface area contributed by atoms with Gasteiger partial charge in [-0.05, 0) is 38.1 Å². The van der Waals surface area contributed by atoms with Crippen LogP contribution in [0.5, 0.6) is 11.5 Å². The molecule has 0 atom stereocenters. The summed E-state index contributed by atoms with van der Waals surface area (Å²) in [4.78, 5) is 17.3. The van der Waals surface area contributed by atoms with Crippen molar-refractivity contribution >= 4 is 22.9 Å². The number of aromatic nitrogens is 3. The molecule has 0 radical (unpaired) electrons. The lowest BCUT2D eigenvalue weighted by Gasteiger charge is -2.13. The van der Waals surface area contributed by atoms with E-state index < -0.39 is 0 Å². The van der Waals surface area contributed by atoms with Gasteiger partial charge in [0.05, 0.1) is 30.8 Å². The highest BCUT2D eigenvalue weighted by Gasteiger charge is 2.16. The zero-order valence-electron chi connectivity index (χ0n) is 17.2. The molecule has 1 amide bonds. The Labute approximate surface area is 184 Å². The molecule has 0 saturated heterocycles. The lowest BCUT2D eigenvalue weighted by Crippen LogP contribution is -2.13. The standard InChI is InChI=1S/C23H22N4O3S/c1-3-29-18-10-11-21(30-4-2)19(12-18)25-22(28)20-15-31-23(26-20)16-13-24-27(14-16)17-8-6-5-7-9-17/h5-15H,3-4H2,1-2H3,(H,25,28). The SMILES string of the molecule is CCOc1ccc(OCC)c(NC(=O)c2csc(-c3cnn(-c4ccccc4)c3)n2)c1. The number of carbonyl (C=O) groups excluding carboxylic acids is 1. The van der Waals surface area contributed by atoms with Gasteiger partial charge in [-0.25, -0.2) is 9.67 Å². The summed E-state index contributed by atoms with van der Waals surface area (Å²) in [5, 5.41) is 9.74. The van der Waals surface area contributed by atoms with Crippen LogP contribution in [-0.2, 0) is 0 Å². The normalized spacial score (nSPS) is 10.6. The van der Waals surface area contributed by atoms with E-state index in [2.05, 4.69) is 15.4 Å². The molecular formula is C23H22N4O3S. The van der Waals surface area contributed by atoms with E-state index in [1.807, 2.05) is 56.4 Å². The molecule has 0 bridgehead atoms. The molecular weight excluding hydrogens is 412 g/mol. The highest BCUT2D eigenvalue weighted by atomic mass is 32.1. The number of benzene rings is 2. The summed E-state index contributed by atoms with van der Waals surface area (Å²) >= 11 is 1.39. The molecule has 7 nitrogen and oxygen atoms in total. The fourth-order valence-electron chi connectivity index (χ4n) is 3.00. The van der Waals surface area contributed by atoms with Crippen LogP contribution in [0.15, 0.2) is 66.3 Å². The van der Waals surface area contributed by atoms with E-state index in [9.17, 15) is 4.79 Å². The number of carbonyl (C=O) groups is 1. The molecule has 0 unspecified atom stereocenters. The first-order valence-corrected chi connectivity index (χ1v) is 10.8. The number of rotatable bonds is 8. The Hall–Kier alpha value is -3.65. The second-order valence-electron chi connectivity index (χ2n) is 6.53. The van der Waals surface area contributed by atoms with Crippen molar-refractivity contribution in [3.63, 3.8) is 0 Å². The van der Waals surface area contributed by atoms with Gasteiger partial charge in [0.15, 0.2) is 0 Å². The average Bonchev–Trinajstić information content (AvgIpc) is 3.46. The van der Waals surface area contributed by atoms with Crippen LogP contribution in [0.2, 0.25) is 0 Å². The topological polar surface area (TPSA) is 78.3 Å². The Morgan fingerprint density at radius 3 is 2.68 bits per heavy atom. The minimum Gasteiger partial charge on any atom is -0.494 e. The highest BCUT2D eigenvalue weighted by molar-refractivity contribution is 7.13. The van der Waals surface area contributed by atoms with Crippen molar-refractivity contribution < 1.29 is 14.3 Å². The van der Waals surface area contributed by atoms with Gasteiger partial charge >= 0.3 is 0 Å². The van der Waals surface area contributed by atoms with Gasteiger partial charge < -0.3 is 14.8 Å². The van der Waals surface area contributed by atoms with Crippen molar-refractivity contribution in [2.45, 2.75) is 13.8 Å². The monoisotopic (exact) mass is 434 g/mol. The van der Waals surface area contributed by atoms with Crippen LogP contribution < -0.4 is 14.8 Å². The summed E-state index contributed by atoms with van der Waals surface area (Å²) in [5.74, 6) is 0.931. The van der Waals surface area contributed by atoms with E-state index in [4.69, 9.17) is 9.47 Å². The Balaban J connectivity index is 1.53. The number of hydrogen-bond acceptors (Lipinski definition) is 6. The number of para-hydroxylation sites is 1. The number of nitrogens with one attached hydrogen (secondary N) is 1. The maximum absolute atomic E-state index is 12.8. The predicted octanol–water partition coefficient (Wildman–Crippen LogP) is 5.05. The summed E-state index contributed by atoms with van der Waals surface area (Å²) in [5.41, 5.74) is 2.68. The first-order chi connectivity index (χ1) is 15.2. The summed E-state index contributed by atoms with van der Waals surface area (Å²) < 4.78 is 12.9. The lowest BCUT2D eigenvalue weighted by atomic mass is 10.2. The van der Waals surface area contributed by atoms with Gasteiger partial charge in [0, 0.05) is 23.2 Å². The van der Waals surface area contributed by atoms with Crippen LogP contribution in [-0.4, -0.2) is 33.9 Å². The number of nitrogens with zero attached hydrogens (tertiary/aromatic N) is 3. The number of amides is 1. The van der Waals surface area contributed by atoms with Crippen molar-refractivity contribution in [3.8, 4) is 27.8 Å². The second kappa shape index (κ2) is 9.44. The summed E-state index contributed by atoms with van der Waals surface area (Å²) in [6.45, 7) is 4.83. The third-order valence-corrected chi connectivity index (χ3v) is 5.29. The number of ether oxygens (including phenoxy) is 2. The predicted molar refractivity (Wildman–Crippen MR) is 121 cm³/mol. The summed E-state index contributed by atoms with van der Waals surface area (Å²) in [7, 11) is 0. The van der Waals surface area contributed by atoms with Crippen LogP contribution in [0, 0.1) is 0 Å². The largest absolute Gasteiger partial charge is 0.494 e. The Kier molecular flexibility index (Phi) is 6.28. The van der Waals surface area contributed by atoms with Gasteiger partial charge in [-0.15, -0.1) is 11.3 Å². The van der Waals surface area contributed by atoms with E-state index in [1.54, 1.807) is 28.4 Å².